The molecular weight excluding hydrogens is 422 g/mol. The van der Waals surface area contributed by atoms with Gasteiger partial charge in [0, 0.05) is 44.8 Å². The third-order valence-electron chi connectivity index (χ3n) is 7.44. The second-order valence-electron chi connectivity index (χ2n) is 10.1. The molecule has 2 fully saturated rings. The maximum Gasteiger partial charge on any atom is 0.317 e. The quantitative estimate of drug-likeness (QED) is 0.377. The molecule has 5 heteroatoms. The van der Waals surface area contributed by atoms with Crippen LogP contribution in [0.1, 0.15) is 76.7 Å². The van der Waals surface area contributed by atoms with Crippen molar-refractivity contribution in [3.63, 3.8) is 0 Å². The van der Waals surface area contributed by atoms with Gasteiger partial charge in [0.15, 0.2) is 0 Å². The van der Waals surface area contributed by atoms with Crippen molar-refractivity contribution in [1.29, 1.82) is 0 Å². The minimum atomic E-state index is 0.115. The van der Waals surface area contributed by atoms with Crippen LogP contribution >= 0.6 is 0 Å². The molecule has 1 unspecified atom stereocenters. The Balaban J connectivity index is 1.62. The number of hydrogen-bond donors (Lipinski definition) is 2. The number of amides is 2. The molecule has 2 atom stereocenters. The smallest absolute Gasteiger partial charge is 0.317 e. The van der Waals surface area contributed by atoms with Crippen molar-refractivity contribution < 1.29 is 9.53 Å². The van der Waals surface area contributed by atoms with Gasteiger partial charge in [0.2, 0.25) is 0 Å². The van der Waals surface area contributed by atoms with Crippen LogP contribution in [0.25, 0.3) is 5.57 Å². The Morgan fingerprint density at radius 1 is 1.15 bits per heavy atom. The number of unbranched alkanes of at least 4 members (excludes halogenated alkanes) is 1. The first-order chi connectivity index (χ1) is 16.7. The number of urea groups is 1. The van der Waals surface area contributed by atoms with E-state index in [0.29, 0.717) is 5.92 Å². The summed E-state index contributed by atoms with van der Waals surface area (Å²) in [6.45, 7) is 6.12. The van der Waals surface area contributed by atoms with Crippen molar-refractivity contribution >= 4 is 11.6 Å². The van der Waals surface area contributed by atoms with Crippen LogP contribution in [0, 0.1) is 11.8 Å². The largest absolute Gasteiger partial charge is 0.382 e. The Labute approximate surface area is 207 Å². The van der Waals surface area contributed by atoms with E-state index in [-0.39, 0.29) is 12.1 Å². The topological polar surface area (TPSA) is 53.6 Å². The number of nitrogens with one attached hydrogen (secondary N) is 2. The Morgan fingerprint density at radius 2 is 1.94 bits per heavy atom. The molecule has 0 bridgehead atoms. The van der Waals surface area contributed by atoms with Gasteiger partial charge >= 0.3 is 6.03 Å². The number of likely N-dealkylation sites (N-methyl/N-ethyl adjacent to an activating group) is 1. The van der Waals surface area contributed by atoms with Gasteiger partial charge in [0.25, 0.3) is 0 Å². The number of carbonyl (C=O) groups is 1. The molecule has 1 aliphatic heterocycles. The fourth-order valence-electron chi connectivity index (χ4n) is 5.68. The summed E-state index contributed by atoms with van der Waals surface area (Å²) < 4.78 is 5.53. The third kappa shape index (κ3) is 8.74. The lowest BCUT2D eigenvalue weighted by atomic mass is 9.84. The molecule has 5 nitrogen and oxygen atoms in total. The highest BCUT2D eigenvalue weighted by Crippen LogP contribution is 2.32. The van der Waals surface area contributed by atoms with E-state index >= 15 is 0 Å². The second-order valence-corrected chi connectivity index (χ2v) is 10.1. The van der Waals surface area contributed by atoms with Crippen molar-refractivity contribution in [2.75, 3.05) is 39.9 Å². The van der Waals surface area contributed by atoms with E-state index in [1.807, 2.05) is 14.0 Å². The SMILES string of the molecule is CCOCCCC=C(c1ccccc1)C1CCCN(C(=O)N[C@H](CNC)CC2CCCCC2)C1. The Kier molecular flexibility index (Phi) is 12.0. The van der Waals surface area contributed by atoms with Crippen molar-refractivity contribution in [3.05, 3.63) is 42.0 Å². The second kappa shape index (κ2) is 15.2. The summed E-state index contributed by atoms with van der Waals surface area (Å²) in [4.78, 5) is 15.4. The summed E-state index contributed by atoms with van der Waals surface area (Å²) in [7, 11) is 1.99. The molecule has 34 heavy (non-hydrogen) atoms. The predicted molar refractivity (Wildman–Crippen MR) is 142 cm³/mol. The number of carbonyl (C=O) groups excluding carboxylic acids is 1. The molecule has 0 aromatic heterocycles. The average Bonchev–Trinajstić information content (AvgIpc) is 2.87. The number of hydrogen-bond acceptors (Lipinski definition) is 3. The van der Waals surface area contributed by atoms with Crippen LogP contribution in [0.3, 0.4) is 0 Å². The summed E-state index contributed by atoms with van der Waals surface area (Å²) in [5, 5.41) is 6.69. The molecule has 1 aromatic carbocycles. The zero-order valence-corrected chi connectivity index (χ0v) is 21.6. The molecule has 2 amide bonds. The van der Waals surface area contributed by atoms with Crippen LogP contribution in [-0.4, -0.2) is 56.9 Å². The molecule has 1 saturated carbocycles. The molecule has 190 valence electrons. The molecule has 3 rings (SSSR count). The van der Waals surface area contributed by atoms with Gasteiger partial charge in [-0.2, -0.15) is 0 Å². The lowest BCUT2D eigenvalue weighted by Crippen LogP contribution is -2.51. The van der Waals surface area contributed by atoms with Crippen molar-refractivity contribution in [1.82, 2.24) is 15.5 Å². The summed E-state index contributed by atoms with van der Waals surface area (Å²) in [5.41, 5.74) is 2.68. The minimum Gasteiger partial charge on any atom is -0.382 e. The first-order valence-electron chi connectivity index (χ1n) is 13.7. The molecule has 1 aromatic rings. The molecule has 2 N–H and O–H groups in total. The van der Waals surface area contributed by atoms with Gasteiger partial charge in [0.05, 0.1) is 0 Å². The first-order valence-corrected chi connectivity index (χ1v) is 13.7. The van der Waals surface area contributed by atoms with Crippen LogP contribution < -0.4 is 10.6 Å². The fraction of sp³-hybridized carbons (Fsp3) is 0.690. The Morgan fingerprint density at radius 3 is 2.68 bits per heavy atom. The molecule has 2 aliphatic rings. The van der Waals surface area contributed by atoms with Crippen LogP contribution in [-0.2, 0) is 4.74 Å². The number of nitrogens with zero attached hydrogens (tertiary/aromatic N) is 1. The summed E-state index contributed by atoms with van der Waals surface area (Å²) >= 11 is 0. The standard InChI is InChI=1S/C29H47N3O2/c1-3-34-20-11-10-18-28(25-15-8-5-9-16-25)26-17-12-19-32(23-26)29(33)31-27(22-30-2)21-24-13-6-4-7-14-24/h5,8-9,15-16,18,24,26-27,30H,3-4,6-7,10-14,17,19-23H2,1-2H3,(H,31,33)/t26?,27-/m0/s1. The van der Waals surface area contributed by atoms with Crippen molar-refractivity contribution in [3.8, 4) is 0 Å². The first kappa shape index (κ1) is 26.7. The monoisotopic (exact) mass is 469 g/mol. The summed E-state index contributed by atoms with van der Waals surface area (Å²) in [6.07, 6.45) is 14.4. The zero-order chi connectivity index (χ0) is 24.0. The van der Waals surface area contributed by atoms with E-state index in [4.69, 9.17) is 4.74 Å². The lowest BCUT2D eigenvalue weighted by Gasteiger charge is -2.36. The fourth-order valence-corrected chi connectivity index (χ4v) is 5.68. The molecular formula is C29H47N3O2. The average molecular weight is 470 g/mol. The highest BCUT2D eigenvalue weighted by Gasteiger charge is 2.28. The summed E-state index contributed by atoms with van der Waals surface area (Å²) in [5.74, 6) is 1.14. The van der Waals surface area contributed by atoms with Crippen LogP contribution in [0.5, 0.6) is 0 Å². The van der Waals surface area contributed by atoms with Gasteiger partial charge in [-0.05, 0) is 63.1 Å². The van der Waals surface area contributed by atoms with E-state index in [1.54, 1.807) is 0 Å². The Hall–Kier alpha value is -1.85. The van der Waals surface area contributed by atoms with Crippen LogP contribution in [0.15, 0.2) is 36.4 Å². The van der Waals surface area contributed by atoms with E-state index < -0.39 is 0 Å². The van der Waals surface area contributed by atoms with E-state index in [1.165, 1.54) is 43.2 Å². The van der Waals surface area contributed by atoms with E-state index in [9.17, 15) is 4.79 Å². The molecule has 0 radical (unpaired) electrons. The van der Waals surface area contributed by atoms with E-state index in [2.05, 4.69) is 51.9 Å². The van der Waals surface area contributed by atoms with Gasteiger partial charge in [-0.1, -0.05) is 68.5 Å². The van der Waals surface area contributed by atoms with Gasteiger partial charge in [-0.25, -0.2) is 4.79 Å². The van der Waals surface area contributed by atoms with Gasteiger partial charge in [-0.15, -0.1) is 0 Å². The van der Waals surface area contributed by atoms with Crippen LogP contribution in [0.2, 0.25) is 0 Å². The third-order valence-corrected chi connectivity index (χ3v) is 7.44. The maximum absolute atomic E-state index is 13.3. The molecule has 1 aliphatic carbocycles. The number of allylic oxidation sites excluding steroid dienone is 1. The zero-order valence-electron chi connectivity index (χ0n) is 21.6. The highest BCUT2D eigenvalue weighted by atomic mass is 16.5. The van der Waals surface area contributed by atoms with E-state index in [0.717, 1.165) is 70.9 Å². The lowest BCUT2D eigenvalue weighted by molar-refractivity contribution is 0.145. The Bertz CT molecular complexity index is 730. The predicted octanol–water partition coefficient (Wildman–Crippen LogP) is 5.87. The van der Waals surface area contributed by atoms with Crippen molar-refractivity contribution in [2.24, 2.45) is 11.8 Å². The number of benzene rings is 1. The van der Waals surface area contributed by atoms with Gasteiger partial charge in [-0.3, -0.25) is 0 Å². The number of piperidine rings is 1. The molecule has 0 spiro atoms. The molecule has 1 heterocycles. The number of rotatable bonds is 12. The van der Waals surface area contributed by atoms with Gasteiger partial charge in [0.1, 0.15) is 0 Å². The molecule has 1 saturated heterocycles. The van der Waals surface area contributed by atoms with Crippen molar-refractivity contribution in [2.45, 2.75) is 77.2 Å². The number of likely N-dealkylation sites (tertiary alicyclic amines) is 1. The van der Waals surface area contributed by atoms with Crippen LogP contribution in [0.4, 0.5) is 4.79 Å². The highest BCUT2D eigenvalue weighted by molar-refractivity contribution is 5.76. The normalized spacial score (nSPS) is 20.8. The number of ether oxygens (including phenoxy) is 1. The summed E-state index contributed by atoms with van der Waals surface area (Å²) in [6, 6.07) is 11.0. The van der Waals surface area contributed by atoms with Gasteiger partial charge < -0.3 is 20.3 Å². The minimum absolute atomic E-state index is 0.115. The maximum atomic E-state index is 13.3.